The number of nitrogens with one attached hydrogen (secondary N) is 1. The highest BCUT2D eigenvalue weighted by molar-refractivity contribution is 7.89. The molecule has 1 saturated heterocycles. The molecule has 0 bridgehead atoms. The van der Waals surface area contributed by atoms with Gasteiger partial charge in [0.1, 0.15) is 17.4 Å². The lowest BCUT2D eigenvalue weighted by atomic mass is 10.1. The summed E-state index contributed by atoms with van der Waals surface area (Å²) in [7, 11) is -0.802. The summed E-state index contributed by atoms with van der Waals surface area (Å²) >= 11 is 0. The van der Waals surface area contributed by atoms with E-state index in [1.54, 1.807) is 25.1 Å². The normalized spacial score (nSPS) is 16.3. The average molecular weight is 592 g/mol. The molecule has 1 atom stereocenters. The van der Waals surface area contributed by atoms with Gasteiger partial charge >= 0.3 is 6.18 Å². The zero-order valence-corrected chi connectivity index (χ0v) is 22.8. The molecule has 1 unspecified atom stereocenters. The van der Waals surface area contributed by atoms with Crippen molar-refractivity contribution in [2.75, 3.05) is 25.5 Å². The highest BCUT2D eigenvalue weighted by Crippen LogP contribution is 2.32. The number of carbonyl (C=O) groups is 1. The number of aromatic nitrogens is 2. The molecular formula is C27H25F4N5O4S. The predicted octanol–water partition coefficient (Wildman–Crippen LogP) is 4.58. The molecule has 4 aromatic rings. The number of carbonyl (C=O) groups excluding carboxylic acids is 1. The van der Waals surface area contributed by atoms with Crippen molar-refractivity contribution in [2.24, 2.45) is 0 Å². The molecule has 2 aromatic heterocycles. The number of fused-ring (bicyclic) bond motifs is 1. The van der Waals surface area contributed by atoms with E-state index >= 15 is 0 Å². The summed E-state index contributed by atoms with van der Waals surface area (Å²) in [5.41, 5.74) is 0.567. The van der Waals surface area contributed by atoms with Gasteiger partial charge in [-0.25, -0.2) is 22.8 Å². The molecule has 2 aromatic carbocycles. The lowest BCUT2D eigenvalue weighted by molar-refractivity contribution is -0.137. The van der Waals surface area contributed by atoms with Crippen LogP contribution in [0.2, 0.25) is 0 Å². The zero-order valence-electron chi connectivity index (χ0n) is 21.9. The van der Waals surface area contributed by atoms with Crippen LogP contribution in [0.5, 0.6) is 0 Å². The van der Waals surface area contributed by atoms with Gasteiger partial charge in [-0.05, 0) is 49.2 Å². The first-order valence-corrected chi connectivity index (χ1v) is 14.0. The Balaban J connectivity index is 1.34. The Morgan fingerprint density at radius 1 is 1.10 bits per heavy atom. The van der Waals surface area contributed by atoms with E-state index in [-0.39, 0.29) is 41.5 Å². The van der Waals surface area contributed by atoms with E-state index < -0.39 is 39.5 Å². The van der Waals surface area contributed by atoms with Gasteiger partial charge in [0.15, 0.2) is 0 Å². The Bertz CT molecular complexity index is 1710. The number of hydrogen-bond acceptors (Lipinski definition) is 7. The van der Waals surface area contributed by atoms with Gasteiger partial charge in [0.2, 0.25) is 16.9 Å². The molecule has 0 saturated carbocycles. The molecule has 3 heterocycles. The van der Waals surface area contributed by atoms with E-state index in [0.717, 1.165) is 28.6 Å². The monoisotopic (exact) mass is 591 g/mol. The smallest absolute Gasteiger partial charge is 0.416 e. The molecule has 9 nitrogen and oxygen atoms in total. The van der Waals surface area contributed by atoms with Crippen molar-refractivity contribution in [1.82, 2.24) is 19.6 Å². The van der Waals surface area contributed by atoms with Crippen molar-refractivity contribution in [2.45, 2.75) is 36.7 Å². The summed E-state index contributed by atoms with van der Waals surface area (Å²) < 4.78 is 85.8. The van der Waals surface area contributed by atoms with Crippen molar-refractivity contribution in [1.29, 1.82) is 0 Å². The first-order valence-electron chi connectivity index (χ1n) is 12.5. The summed E-state index contributed by atoms with van der Waals surface area (Å²) in [5, 5.41) is 2.62. The van der Waals surface area contributed by atoms with Crippen molar-refractivity contribution in [3.05, 3.63) is 71.7 Å². The van der Waals surface area contributed by atoms with Crippen molar-refractivity contribution >= 4 is 32.8 Å². The molecule has 1 fully saturated rings. The number of alkyl halides is 3. The number of sulfonamides is 1. The van der Waals surface area contributed by atoms with Crippen LogP contribution < -0.4 is 10.2 Å². The number of amides is 1. The number of halogens is 4. The topological polar surface area (TPSA) is 109 Å². The highest BCUT2D eigenvalue weighted by Gasteiger charge is 2.41. The largest absolute Gasteiger partial charge is 0.443 e. The Kier molecular flexibility index (Phi) is 7.46. The highest BCUT2D eigenvalue weighted by atomic mass is 32.2. The number of benzene rings is 2. The Morgan fingerprint density at radius 3 is 2.51 bits per heavy atom. The maximum absolute atomic E-state index is 13.6. The SMILES string of the molecule is CN(C)c1nc(CNC(=O)C2CCCN2S(=O)(=O)c2cc3cc(F)ccc3o2)cc(-c2ccc(C(F)(F)F)cc2)n1. The molecule has 1 aliphatic rings. The van der Waals surface area contributed by atoms with Crippen LogP contribution in [-0.2, 0) is 27.5 Å². The fourth-order valence-electron chi connectivity index (χ4n) is 4.57. The summed E-state index contributed by atoms with van der Waals surface area (Å²) in [5.74, 6) is -0.809. The standard InChI is InChI=1S/C27H25F4N5O4S/c1-35(2)26-33-20(14-21(34-26)16-5-7-18(8-6-16)27(29,30)31)15-32-25(37)22-4-3-11-36(22)41(38,39)24-13-17-12-19(28)9-10-23(17)40-24/h5-10,12-14,22H,3-4,11,15H2,1-2H3,(H,32,37). The number of furan rings is 1. The van der Waals surface area contributed by atoms with Crippen LogP contribution in [0.4, 0.5) is 23.5 Å². The third kappa shape index (κ3) is 5.88. The minimum absolute atomic E-state index is 0.0792. The van der Waals surface area contributed by atoms with E-state index in [1.165, 1.54) is 24.3 Å². The number of anilines is 1. The summed E-state index contributed by atoms with van der Waals surface area (Å²) in [6.07, 6.45) is -3.75. The molecule has 0 radical (unpaired) electrons. The quantitative estimate of drug-likeness (QED) is 0.314. The minimum atomic E-state index is -4.47. The third-order valence-electron chi connectivity index (χ3n) is 6.64. The van der Waals surface area contributed by atoms with Crippen LogP contribution in [0.15, 0.2) is 64.1 Å². The van der Waals surface area contributed by atoms with E-state index in [2.05, 4.69) is 15.3 Å². The number of rotatable bonds is 7. The molecular weight excluding hydrogens is 566 g/mol. The zero-order chi connectivity index (χ0) is 29.5. The van der Waals surface area contributed by atoms with Gasteiger partial charge in [0.25, 0.3) is 10.0 Å². The van der Waals surface area contributed by atoms with Gasteiger partial charge in [-0.1, -0.05) is 12.1 Å². The van der Waals surface area contributed by atoms with Crippen LogP contribution >= 0.6 is 0 Å². The molecule has 0 aliphatic carbocycles. The molecule has 41 heavy (non-hydrogen) atoms. The van der Waals surface area contributed by atoms with Gasteiger partial charge in [-0.2, -0.15) is 17.5 Å². The minimum Gasteiger partial charge on any atom is -0.443 e. The van der Waals surface area contributed by atoms with Gasteiger partial charge in [0, 0.05) is 37.7 Å². The average Bonchev–Trinajstić information content (AvgIpc) is 3.59. The Hall–Kier alpha value is -4.04. The lowest BCUT2D eigenvalue weighted by Gasteiger charge is -2.22. The second-order valence-electron chi connectivity index (χ2n) is 9.75. The van der Waals surface area contributed by atoms with E-state index in [1.807, 2.05) is 0 Å². The van der Waals surface area contributed by atoms with Gasteiger partial charge in [-0.3, -0.25) is 4.79 Å². The molecule has 1 aliphatic heterocycles. The molecule has 14 heteroatoms. The van der Waals surface area contributed by atoms with Crippen molar-refractivity contribution in [3.8, 4) is 11.3 Å². The fraction of sp³-hybridized carbons (Fsp3) is 0.296. The Labute approximate surface area is 232 Å². The molecule has 1 N–H and O–H groups in total. The third-order valence-corrected chi connectivity index (χ3v) is 8.41. The summed E-state index contributed by atoms with van der Waals surface area (Å²) in [6.45, 7) is 0.0201. The van der Waals surface area contributed by atoms with Gasteiger partial charge < -0.3 is 14.6 Å². The summed E-state index contributed by atoms with van der Waals surface area (Å²) in [4.78, 5) is 23.6. The van der Waals surface area contributed by atoms with Crippen molar-refractivity contribution in [3.63, 3.8) is 0 Å². The molecule has 5 rings (SSSR count). The molecule has 216 valence electrons. The predicted molar refractivity (Wildman–Crippen MR) is 142 cm³/mol. The van der Waals surface area contributed by atoms with Crippen LogP contribution in [0.3, 0.4) is 0 Å². The van der Waals surface area contributed by atoms with E-state index in [0.29, 0.717) is 23.4 Å². The van der Waals surface area contributed by atoms with Gasteiger partial charge in [0.05, 0.1) is 23.5 Å². The molecule has 0 spiro atoms. The van der Waals surface area contributed by atoms with E-state index in [4.69, 9.17) is 4.42 Å². The van der Waals surface area contributed by atoms with Crippen LogP contribution in [0, 0.1) is 5.82 Å². The van der Waals surface area contributed by atoms with Crippen LogP contribution in [0.25, 0.3) is 22.2 Å². The first-order chi connectivity index (χ1) is 19.3. The second kappa shape index (κ2) is 10.7. The van der Waals surface area contributed by atoms with E-state index in [9.17, 15) is 30.8 Å². The van der Waals surface area contributed by atoms with Crippen molar-refractivity contribution < 1.29 is 35.2 Å². The Morgan fingerprint density at radius 2 is 1.83 bits per heavy atom. The second-order valence-corrected chi connectivity index (χ2v) is 11.6. The fourth-order valence-corrected chi connectivity index (χ4v) is 6.18. The first kappa shape index (κ1) is 28.5. The van der Waals surface area contributed by atoms with Crippen LogP contribution in [0.1, 0.15) is 24.1 Å². The summed E-state index contributed by atoms with van der Waals surface area (Å²) in [6, 6.07) is 9.96. The van der Waals surface area contributed by atoms with Crippen LogP contribution in [-0.4, -0.2) is 55.3 Å². The number of nitrogens with zero attached hydrogens (tertiary/aromatic N) is 4. The van der Waals surface area contributed by atoms with Gasteiger partial charge in [-0.15, -0.1) is 0 Å². The molecule has 1 amide bonds. The maximum atomic E-state index is 13.6. The number of hydrogen-bond donors (Lipinski definition) is 1. The maximum Gasteiger partial charge on any atom is 0.416 e. The lowest BCUT2D eigenvalue weighted by Crippen LogP contribution is -2.45.